The minimum absolute atomic E-state index is 0. The molecule has 0 bridgehead atoms. The van der Waals surface area contributed by atoms with E-state index in [1.165, 1.54) is 7.05 Å². The summed E-state index contributed by atoms with van der Waals surface area (Å²) in [7, 11) is 1.50. The first-order valence-electron chi connectivity index (χ1n) is 13.3. The fourth-order valence-electron chi connectivity index (χ4n) is 4.98. The number of hydrogen-bond donors (Lipinski definition) is 3. The number of aliphatic carboxylic acids is 1. The number of carboxylic acids is 1. The Hall–Kier alpha value is -3.86. The van der Waals surface area contributed by atoms with Gasteiger partial charge in [-0.1, -0.05) is 20.8 Å². The number of carbonyl (C=O) groups is 3. The number of rotatable bonds is 8. The molecule has 0 atom stereocenters. The zero-order valence-electron chi connectivity index (χ0n) is 24.5. The molecule has 2 aromatic rings. The van der Waals surface area contributed by atoms with E-state index in [1.54, 1.807) is 41.8 Å². The van der Waals surface area contributed by atoms with Gasteiger partial charge in [0.1, 0.15) is 29.4 Å². The van der Waals surface area contributed by atoms with Crippen molar-refractivity contribution in [1.82, 2.24) is 15.2 Å². The number of fused-ring (bicyclic) bond motifs is 2. The molecule has 4 rings (SSSR count). The molecule has 2 aliphatic heterocycles. The molecule has 0 saturated carbocycles. The quantitative estimate of drug-likeness (QED) is 0.394. The van der Waals surface area contributed by atoms with Crippen LogP contribution in [0.15, 0.2) is 18.2 Å². The van der Waals surface area contributed by atoms with Gasteiger partial charge in [0.2, 0.25) is 0 Å². The number of amides is 1. The predicted molar refractivity (Wildman–Crippen MR) is 157 cm³/mol. The Balaban J connectivity index is 0.00000462. The molecule has 1 aromatic heterocycles. The second kappa shape index (κ2) is 11.6. The van der Waals surface area contributed by atoms with Crippen LogP contribution >= 0.6 is 12.4 Å². The number of carbonyl (C=O) groups excluding carboxylic acids is 2. The topological polar surface area (TPSA) is 145 Å². The molecule has 1 aromatic carbocycles. The lowest BCUT2D eigenvalue weighted by molar-refractivity contribution is -0.142. The number of halogens is 1. The SMILES string of the molecule is CCOc1cc2c(nc1C(=O)NC)C(=N)N(CC(=O)c1cc3c(c(C(C)(C)C)c1)OCCN3C(C)(C)C(=O)O)C2.Cl. The number of anilines is 1. The maximum atomic E-state index is 13.7. The van der Waals surface area contributed by atoms with E-state index in [4.69, 9.17) is 14.9 Å². The molecule has 3 heterocycles. The summed E-state index contributed by atoms with van der Waals surface area (Å²) in [4.78, 5) is 46.0. The van der Waals surface area contributed by atoms with Crippen molar-refractivity contribution in [2.24, 2.45) is 0 Å². The number of amidine groups is 1. The number of aromatic nitrogens is 1. The van der Waals surface area contributed by atoms with E-state index in [9.17, 15) is 19.5 Å². The lowest BCUT2D eigenvalue weighted by Crippen LogP contribution is -2.53. The molecule has 2 aliphatic rings. The third-order valence-electron chi connectivity index (χ3n) is 7.29. The molecule has 41 heavy (non-hydrogen) atoms. The Morgan fingerprint density at radius 2 is 1.85 bits per heavy atom. The van der Waals surface area contributed by atoms with Crippen LogP contribution in [0.4, 0.5) is 5.69 Å². The highest BCUT2D eigenvalue weighted by Crippen LogP contribution is 2.44. The number of carboxylic acid groups (broad SMARTS) is 1. The van der Waals surface area contributed by atoms with Crippen molar-refractivity contribution in [1.29, 1.82) is 5.41 Å². The van der Waals surface area contributed by atoms with Crippen molar-refractivity contribution in [2.45, 2.75) is 59.0 Å². The van der Waals surface area contributed by atoms with Crippen LogP contribution in [0, 0.1) is 5.41 Å². The number of Topliss-reactive ketones (excluding diaryl/α,β-unsaturated/α-hetero) is 1. The summed E-state index contributed by atoms with van der Waals surface area (Å²) in [5.41, 5.74) is 1.27. The van der Waals surface area contributed by atoms with Crippen LogP contribution in [-0.4, -0.2) is 77.4 Å². The van der Waals surface area contributed by atoms with Crippen LogP contribution in [0.1, 0.15) is 79.2 Å². The highest BCUT2D eigenvalue weighted by molar-refractivity contribution is 6.06. The maximum Gasteiger partial charge on any atom is 0.328 e. The summed E-state index contributed by atoms with van der Waals surface area (Å²) < 4.78 is 11.7. The van der Waals surface area contributed by atoms with E-state index in [2.05, 4.69) is 10.3 Å². The third-order valence-corrected chi connectivity index (χ3v) is 7.29. The van der Waals surface area contributed by atoms with Gasteiger partial charge in [-0.15, -0.1) is 12.4 Å². The summed E-state index contributed by atoms with van der Waals surface area (Å²) in [6.07, 6.45) is 0. The molecular formula is C29H38ClN5O6. The second-order valence-electron chi connectivity index (χ2n) is 11.5. The second-order valence-corrected chi connectivity index (χ2v) is 11.5. The average Bonchev–Trinajstić information content (AvgIpc) is 3.19. The number of nitrogens with one attached hydrogen (secondary N) is 2. The largest absolute Gasteiger partial charge is 0.491 e. The number of ketones is 1. The van der Waals surface area contributed by atoms with E-state index in [0.717, 1.165) is 5.56 Å². The van der Waals surface area contributed by atoms with Crippen LogP contribution in [-0.2, 0) is 16.8 Å². The van der Waals surface area contributed by atoms with Gasteiger partial charge in [0.25, 0.3) is 5.91 Å². The summed E-state index contributed by atoms with van der Waals surface area (Å²) in [5, 5.41) is 21.2. The van der Waals surface area contributed by atoms with Gasteiger partial charge in [0, 0.05) is 30.3 Å². The zero-order valence-corrected chi connectivity index (χ0v) is 25.3. The number of nitrogens with zero attached hydrogens (tertiary/aromatic N) is 3. The van der Waals surface area contributed by atoms with Gasteiger partial charge in [0.05, 0.1) is 25.4 Å². The average molecular weight is 588 g/mol. The molecule has 222 valence electrons. The lowest BCUT2D eigenvalue weighted by atomic mass is 9.83. The van der Waals surface area contributed by atoms with Gasteiger partial charge in [-0.05, 0) is 44.4 Å². The smallest absolute Gasteiger partial charge is 0.328 e. The van der Waals surface area contributed by atoms with Crippen LogP contribution in [0.5, 0.6) is 11.5 Å². The standard InChI is InChI=1S/C29H37N5O6.ClH/c1-8-39-21-13-17-14-33(25(30)22(17)32-23(21)26(36)31-7)15-20(35)16-11-18(28(2,3)4)24-19(12-16)34(9-10-40-24)29(5,6)27(37)38;/h11-13,30H,8-10,14-15H2,1-7H3,(H,31,36)(H,37,38);1H. The minimum Gasteiger partial charge on any atom is -0.491 e. The van der Waals surface area contributed by atoms with Gasteiger partial charge in [-0.2, -0.15) is 0 Å². The Kier molecular flexibility index (Phi) is 8.93. The first-order chi connectivity index (χ1) is 18.7. The predicted octanol–water partition coefficient (Wildman–Crippen LogP) is 3.65. The summed E-state index contributed by atoms with van der Waals surface area (Å²) in [6.45, 7) is 12.3. The van der Waals surface area contributed by atoms with E-state index < -0.39 is 17.4 Å². The van der Waals surface area contributed by atoms with E-state index in [0.29, 0.717) is 53.8 Å². The van der Waals surface area contributed by atoms with E-state index >= 15 is 0 Å². The summed E-state index contributed by atoms with van der Waals surface area (Å²) in [6, 6.07) is 5.20. The molecule has 0 saturated heterocycles. The number of benzene rings is 1. The molecule has 0 fully saturated rings. The first kappa shape index (κ1) is 31.7. The Labute approximate surface area is 246 Å². The monoisotopic (exact) mass is 587 g/mol. The highest BCUT2D eigenvalue weighted by atomic mass is 35.5. The Morgan fingerprint density at radius 3 is 2.44 bits per heavy atom. The molecule has 12 heteroatoms. The van der Waals surface area contributed by atoms with Crippen LogP contribution in [0.3, 0.4) is 0 Å². The molecule has 0 radical (unpaired) electrons. The van der Waals surface area contributed by atoms with Crippen molar-refractivity contribution in [3.63, 3.8) is 0 Å². The Morgan fingerprint density at radius 1 is 1.17 bits per heavy atom. The van der Waals surface area contributed by atoms with Crippen molar-refractivity contribution >= 4 is 41.6 Å². The number of ether oxygens (including phenoxy) is 2. The van der Waals surface area contributed by atoms with Gasteiger partial charge in [0.15, 0.2) is 17.2 Å². The molecular weight excluding hydrogens is 550 g/mol. The molecule has 11 nitrogen and oxygen atoms in total. The van der Waals surface area contributed by atoms with Gasteiger partial charge in [-0.25, -0.2) is 9.78 Å². The summed E-state index contributed by atoms with van der Waals surface area (Å²) >= 11 is 0. The van der Waals surface area contributed by atoms with Crippen LogP contribution < -0.4 is 19.7 Å². The first-order valence-corrected chi connectivity index (χ1v) is 13.3. The molecule has 0 spiro atoms. The fraction of sp³-hybridized carbons (Fsp3) is 0.483. The van der Waals surface area contributed by atoms with Crippen LogP contribution in [0.25, 0.3) is 0 Å². The number of pyridine rings is 1. The van der Waals surface area contributed by atoms with Crippen molar-refractivity contribution in [3.8, 4) is 11.5 Å². The van der Waals surface area contributed by atoms with Crippen molar-refractivity contribution < 1.29 is 29.0 Å². The van der Waals surface area contributed by atoms with E-state index in [1.807, 2.05) is 27.7 Å². The number of hydrogen-bond acceptors (Lipinski definition) is 8. The normalized spacial score (nSPS) is 14.5. The van der Waals surface area contributed by atoms with Crippen LogP contribution in [0.2, 0.25) is 0 Å². The molecule has 0 aliphatic carbocycles. The zero-order chi connectivity index (χ0) is 29.6. The fourth-order valence-corrected chi connectivity index (χ4v) is 4.98. The van der Waals surface area contributed by atoms with Gasteiger partial charge >= 0.3 is 5.97 Å². The minimum atomic E-state index is -1.22. The maximum absolute atomic E-state index is 13.7. The third kappa shape index (κ3) is 5.81. The highest BCUT2D eigenvalue weighted by Gasteiger charge is 2.40. The van der Waals surface area contributed by atoms with Gasteiger partial charge in [-0.3, -0.25) is 15.0 Å². The van der Waals surface area contributed by atoms with Crippen molar-refractivity contribution in [2.75, 3.05) is 38.3 Å². The lowest BCUT2D eigenvalue weighted by Gasteiger charge is -2.42. The molecule has 1 amide bonds. The molecule has 0 unspecified atom stereocenters. The Bertz CT molecular complexity index is 1400. The van der Waals surface area contributed by atoms with Gasteiger partial charge < -0.3 is 29.7 Å². The van der Waals surface area contributed by atoms with Crippen molar-refractivity contribution in [3.05, 3.63) is 46.3 Å². The van der Waals surface area contributed by atoms with E-state index in [-0.39, 0.29) is 48.2 Å². The molecule has 3 N–H and O–H groups in total. The summed E-state index contributed by atoms with van der Waals surface area (Å²) in [5.74, 6) is -0.683.